The molecule has 9 aromatic carbocycles. The van der Waals surface area contributed by atoms with E-state index in [0.717, 1.165) is 54.6 Å². The summed E-state index contributed by atoms with van der Waals surface area (Å²) < 4.78 is 79.5. The Morgan fingerprint density at radius 2 is 0.898 bits per heavy atom. The standard InChI is InChI=1S/C48H30O/c1-2-12-31(13-3-1)32-22-24-33(25-23-32)37-16-6-7-17-39(37)48-42-20-10-8-18-40(42)47(41-19-9-11-21-43(41)48)36-26-27-38-44-28-34-14-4-5-15-35(34)29-46(44)49-45(38)30-36/h1-30H/i6D,7D,16D,17D,22D,23D,24D,25D. The van der Waals surface area contributed by atoms with Crippen LogP contribution in [0.2, 0.25) is 0 Å². The lowest BCUT2D eigenvalue weighted by molar-refractivity contribution is 0.669. The minimum Gasteiger partial charge on any atom is -0.456 e. The maximum absolute atomic E-state index is 9.43. The van der Waals surface area contributed by atoms with Crippen molar-refractivity contribution in [2.75, 3.05) is 0 Å². The molecule has 0 aliphatic rings. The zero-order valence-corrected chi connectivity index (χ0v) is 26.1. The van der Waals surface area contributed by atoms with E-state index in [0.29, 0.717) is 21.9 Å². The first kappa shape index (κ1) is 20.7. The number of fused-ring (bicyclic) bond motifs is 6. The minimum absolute atomic E-state index is 0.0863. The lowest BCUT2D eigenvalue weighted by Crippen LogP contribution is -1.92. The molecule has 0 saturated heterocycles. The normalized spacial score (nSPS) is 14.0. The van der Waals surface area contributed by atoms with Crippen molar-refractivity contribution in [2.45, 2.75) is 0 Å². The van der Waals surface area contributed by atoms with Crippen molar-refractivity contribution in [2.24, 2.45) is 0 Å². The molecule has 0 N–H and O–H groups in total. The van der Waals surface area contributed by atoms with Crippen LogP contribution in [0, 0.1) is 0 Å². The van der Waals surface area contributed by atoms with Gasteiger partial charge in [0.1, 0.15) is 11.2 Å². The molecule has 1 heterocycles. The summed E-state index contributed by atoms with van der Waals surface area (Å²) in [5, 5.41) is 7.28. The van der Waals surface area contributed by atoms with Crippen molar-refractivity contribution in [3.63, 3.8) is 0 Å². The molecular weight excluding hydrogens is 593 g/mol. The maximum atomic E-state index is 9.43. The molecule has 0 fully saturated rings. The van der Waals surface area contributed by atoms with E-state index in [2.05, 4.69) is 36.4 Å². The number of rotatable bonds is 4. The number of furan rings is 1. The summed E-state index contributed by atoms with van der Waals surface area (Å²) in [4.78, 5) is 0. The van der Waals surface area contributed by atoms with Gasteiger partial charge in [0.05, 0.1) is 11.0 Å². The zero-order chi connectivity index (χ0) is 39.3. The van der Waals surface area contributed by atoms with E-state index in [4.69, 9.17) is 9.90 Å². The van der Waals surface area contributed by atoms with Gasteiger partial charge in [0.2, 0.25) is 0 Å². The van der Waals surface area contributed by atoms with E-state index in [1.807, 2.05) is 66.7 Å². The molecule has 49 heavy (non-hydrogen) atoms. The van der Waals surface area contributed by atoms with Crippen LogP contribution >= 0.6 is 0 Å². The molecular formula is C48H30O. The van der Waals surface area contributed by atoms with E-state index >= 15 is 0 Å². The van der Waals surface area contributed by atoms with Crippen molar-refractivity contribution in [3.05, 3.63) is 182 Å². The summed E-state index contributed by atoms with van der Waals surface area (Å²) in [5.74, 6) is 0. The predicted molar refractivity (Wildman–Crippen MR) is 208 cm³/mol. The van der Waals surface area contributed by atoms with Crippen molar-refractivity contribution in [1.82, 2.24) is 0 Å². The molecule has 0 saturated carbocycles. The van der Waals surface area contributed by atoms with Crippen LogP contribution in [-0.4, -0.2) is 0 Å². The highest BCUT2D eigenvalue weighted by molar-refractivity contribution is 6.23. The van der Waals surface area contributed by atoms with E-state index in [9.17, 15) is 5.48 Å². The third kappa shape index (κ3) is 4.47. The molecule has 1 nitrogen and oxygen atoms in total. The third-order valence-corrected chi connectivity index (χ3v) is 9.43. The topological polar surface area (TPSA) is 13.1 Å². The van der Waals surface area contributed by atoms with Crippen LogP contribution < -0.4 is 0 Å². The van der Waals surface area contributed by atoms with Crippen molar-refractivity contribution in [1.29, 1.82) is 0 Å². The first-order chi connectivity index (χ1) is 27.6. The largest absolute Gasteiger partial charge is 0.456 e. The maximum Gasteiger partial charge on any atom is 0.136 e. The highest BCUT2D eigenvalue weighted by Gasteiger charge is 2.20. The van der Waals surface area contributed by atoms with Gasteiger partial charge in [0, 0.05) is 10.8 Å². The number of hydrogen-bond donors (Lipinski definition) is 0. The summed E-state index contributed by atoms with van der Waals surface area (Å²) >= 11 is 0. The lowest BCUT2D eigenvalue weighted by atomic mass is 9.83. The van der Waals surface area contributed by atoms with E-state index in [1.54, 1.807) is 30.3 Å². The van der Waals surface area contributed by atoms with Crippen LogP contribution in [0.5, 0.6) is 0 Å². The number of hydrogen-bond acceptors (Lipinski definition) is 1. The van der Waals surface area contributed by atoms with Gasteiger partial charge in [-0.2, -0.15) is 0 Å². The lowest BCUT2D eigenvalue weighted by Gasteiger charge is -2.19. The fourth-order valence-electron chi connectivity index (χ4n) is 7.20. The Morgan fingerprint density at radius 3 is 1.59 bits per heavy atom. The monoisotopic (exact) mass is 630 g/mol. The average molecular weight is 631 g/mol. The molecule has 0 amide bonds. The minimum atomic E-state index is -0.528. The van der Waals surface area contributed by atoms with E-state index in [1.165, 1.54) is 0 Å². The number of benzene rings is 9. The Labute approximate surface area is 295 Å². The van der Waals surface area contributed by atoms with Crippen molar-refractivity contribution < 1.29 is 15.4 Å². The molecule has 0 spiro atoms. The van der Waals surface area contributed by atoms with Gasteiger partial charge in [-0.05, 0) is 101 Å². The van der Waals surface area contributed by atoms with Crippen LogP contribution in [0.4, 0.5) is 0 Å². The van der Waals surface area contributed by atoms with Gasteiger partial charge < -0.3 is 4.42 Å². The van der Waals surface area contributed by atoms with Crippen molar-refractivity contribution >= 4 is 54.3 Å². The second-order valence-corrected chi connectivity index (χ2v) is 12.2. The third-order valence-electron chi connectivity index (χ3n) is 9.43. The molecule has 0 bridgehead atoms. The second kappa shape index (κ2) is 11.1. The Balaban J connectivity index is 1.29. The predicted octanol–water partition coefficient (Wildman–Crippen LogP) is 13.7. The van der Waals surface area contributed by atoms with Crippen LogP contribution in [0.15, 0.2) is 186 Å². The first-order valence-corrected chi connectivity index (χ1v) is 16.2. The van der Waals surface area contributed by atoms with Crippen molar-refractivity contribution in [3.8, 4) is 44.5 Å². The van der Waals surface area contributed by atoms with E-state index < -0.39 is 30.2 Å². The molecule has 10 rings (SSSR count). The van der Waals surface area contributed by atoms with Crippen LogP contribution in [0.25, 0.3) is 98.8 Å². The van der Waals surface area contributed by atoms with Gasteiger partial charge in [-0.1, -0.05) is 158 Å². The van der Waals surface area contributed by atoms with E-state index in [-0.39, 0.29) is 40.4 Å². The fourth-order valence-corrected chi connectivity index (χ4v) is 7.20. The molecule has 10 aromatic rings. The second-order valence-electron chi connectivity index (χ2n) is 12.2. The summed E-state index contributed by atoms with van der Waals surface area (Å²) in [6, 6.07) is 39.7. The summed E-state index contributed by atoms with van der Waals surface area (Å²) in [6.45, 7) is 0. The van der Waals surface area contributed by atoms with Gasteiger partial charge in [-0.25, -0.2) is 0 Å². The highest BCUT2D eigenvalue weighted by Crippen LogP contribution is 2.47. The first-order valence-electron chi connectivity index (χ1n) is 20.2. The highest BCUT2D eigenvalue weighted by atomic mass is 16.3. The smallest absolute Gasteiger partial charge is 0.136 e. The molecule has 0 radical (unpaired) electrons. The van der Waals surface area contributed by atoms with Crippen LogP contribution in [0.3, 0.4) is 0 Å². The Kier molecular flexibility index (Phi) is 4.69. The summed E-state index contributed by atoms with van der Waals surface area (Å²) in [5.41, 5.74) is 4.31. The van der Waals surface area contributed by atoms with Crippen LogP contribution in [-0.2, 0) is 0 Å². The van der Waals surface area contributed by atoms with Gasteiger partial charge >= 0.3 is 0 Å². The van der Waals surface area contributed by atoms with Gasteiger partial charge in [-0.3, -0.25) is 0 Å². The Morgan fingerprint density at radius 1 is 0.347 bits per heavy atom. The molecule has 1 aromatic heterocycles. The van der Waals surface area contributed by atoms with Gasteiger partial charge in [0.15, 0.2) is 0 Å². The Hall–Kier alpha value is -6.44. The molecule has 0 atom stereocenters. The average Bonchev–Trinajstić information content (AvgIpc) is 3.59. The molecule has 228 valence electrons. The van der Waals surface area contributed by atoms with Gasteiger partial charge in [0.25, 0.3) is 0 Å². The Bertz CT molecular complexity index is 3250. The van der Waals surface area contributed by atoms with Gasteiger partial charge in [-0.15, -0.1) is 0 Å². The SMILES string of the molecule is [2H]c1c([2H])c([2H])c(-c2c3ccccc3c(-c3ccc4c(c3)oc3cc5ccccc5cc34)c3ccccc23)c(-c2c([2H])c([2H])c(-c3ccccc3)c([2H])c2[2H])c1[2H]. The quantitative estimate of drug-likeness (QED) is 0.176. The molecule has 0 aliphatic heterocycles. The summed E-state index contributed by atoms with van der Waals surface area (Å²) in [6.07, 6.45) is 0. The zero-order valence-electron chi connectivity index (χ0n) is 34.1. The molecule has 0 aliphatic carbocycles. The fraction of sp³-hybridized carbons (Fsp3) is 0. The van der Waals surface area contributed by atoms with Crippen LogP contribution in [0.1, 0.15) is 11.0 Å². The molecule has 0 unspecified atom stereocenters. The molecule has 1 heteroatoms. The summed E-state index contributed by atoms with van der Waals surface area (Å²) in [7, 11) is 0.